The summed E-state index contributed by atoms with van der Waals surface area (Å²) in [6.07, 6.45) is 1.64. The Hall–Kier alpha value is -14.8. The van der Waals surface area contributed by atoms with Gasteiger partial charge in [-0.1, -0.05) is 263 Å². The first-order valence-corrected chi connectivity index (χ1v) is 45.2. The fourth-order valence-corrected chi connectivity index (χ4v) is 22.2. The van der Waals surface area contributed by atoms with Gasteiger partial charge in [-0.25, -0.2) is 29.9 Å². The molecule has 0 amide bonds. The van der Waals surface area contributed by atoms with Crippen LogP contribution in [0.5, 0.6) is 0 Å². The SMILES string of the molecule is CCc1nc2ccccc2n1-c1ccc2c(c1)-c1ccccc1C21c2ccc(-c3nc(-c4ccccc4)nc(-c4ccccc4)n3)cc2-c2c1ccc1scc(C#N)c21.CCc1nc2ccccc2n1-c1ccc2c(c1)-c1ccccc1C21c2ccc(B3OC(C)(C)C(C)(C)O3)cc2-c2c1ccc1scc(C#N)c21.Clc1nc(-c2ccccc2)nc(-c2ccccc2)n1. The zero-order chi connectivity index (χ0) is 86.5. The van der Waals surface area contributed by atoms with Crippen LogP contribution in [0.25, 0.3) is 155 Å². The minimum absolute atomic E-state index is 0.202. The third-order valence-electron chi connectivity index (χ3n) is 26.6. The molecule has 2 spiro atoms. The molecule has 1 saturated heterocycles. The summed E-state index contributed by atoms with van der Waals surface area (Å²) >= 11 is 9.24. The number of hydrogen-bond acceptors (Lipinski definition) is 14. The van der Waals surface area contributed by atoms with Crippen LogP contribution in [-0.2, 0) is 33.0 Å². The van der Waals surface area contributed by atoms with Crippen LogP contribution in [0.3, 0.4) is 0 Å². The van der Waals surface area contributed by atoms with E-state index in [4.69, 9.17) is 45.8 Å². The number of nitriles is 2. The van der Waals surface area contributed by atoms with E-state index in [1.807, 2.05) is 132 Å². The molecule has 0 saturated carbocycles. The van der Waals surface area contributed by atoms with Crippen LogP contribution < -0.4 is 5.46 Å². The van der Waals surface area contributed by atoms with Gasteiger partial charge in [0.2, 0.25) is 5.28 Å². The molecular weight excluding hydrogens is 1630 g/mol. The first-order valence-electron chi connectivity index (χ1n) is 43.0. The number of hydrogen-bond donors (Lipinski definition) is 0. The summed E-state index contributed by atoms with van der Waals surface area (Å²) in [6, 6.07) is 116. The first-order chi connectivity index (χ1) is 62.7. The van der Waals surface area contributed by atoms with Gasteiger partial charge in [0.05, 0.1) is 55.2 Å². The smallest absolute Gasteiger partial charge is 0.399 e. The molecular formula is C110H76BClN12O2S2. The number of para-hydroxylation sites is 4. The Kier molecular flexibility index (Phi) is 18.4. The maximum absolute atomic E-state index is 10.5. The van der Waals surface area contributed by atoms with Crippen molar-refractivity contribution >= 4 is 89.1 Å². The van der Waals surface area contributed by atoms with Crippen molar-refractivity contribution < 1.29 is 9.31 Å². The van der Waals surface area contributed by atoms with Crippen LogP contribution in [0.4, 0.5) is 0 Å². The van der Waals surface area contributed by atoms with E-state index in [0.717, 1.165) is 134 Å². The molecule has 6 aromatic heterocycles. The van der Waals surface area contributed by atoms with Gasteiger partial charge in [-0.2, -0.15) is 20.5 Å². The average Bonchev–Trinajstić information content (AvgIpc) is 1.50. The van der Waals surface area contributed by atoms with Gasteiger partial charge in [0, 0.05) is 83.0 Å². The highest BCUT2D eigenvalue weighted by Gasteiger charge is 2.56. The van der Waals surface area contributed by atoms with Gasteiger partial charge in [0.15, 0.2) is 29.1 Å². The molecule has 25 rings (SSSR count). The second-order valence-corrected chi connectivity index (χ2v) is 36.0. The summed E-state index contributed by atoms with van der Waals surface area (Å²) < 4.78 is 19.9. The predicted molar refractivity (Wildman–Crippen MR) is 515 cm³/mol. The fourth-order valence-electron chi connectivity index (χ4n) is 20.2. The third kappa shape index (κ3) is 12.0. The largest absolute Gasteiger partial charge is 0.494 e. The van der Waals surface area contributed by atoms with Crippen molar-refractivity contribution in [3.63, 3.8) is 0 Å². The summed E-state index contributed by atoms with van der Waals surface area (Å²) in [5, 5.41) is 27.1. The van der Waals surface area contributed by atoms with Gasteiger partial charge in [-0.3, -0.25) is 9.13 Å². The molecule has 128 heavy (non-hydrogen) atoms. The molecule has 7 heterocycles. The van der Waals surface area contributed by atoms with Crippen LogP contribution in [-0.4, -0.2) is 67.3 Å². The summed E-state index contributed by atoms with van der Waals surface area (Å²) in [5.74, 6) is 5.07. The Morgan fingerprint density at radius 2 is 0.695 bits per heavy atom. The summed E-state index contributed by atoms with van der Waals surface area (Å²) in [6.45, 7) is 12.7. The molecule has 2 unspecified atom stereocenters. The first kappa shape index (κ1) is 78.0. The van der Waals surface area contributed by atoms with E-state index in [-0.39, 0.29) is 5.28 Å². The highest BCUT2D eigenvalue weighted by Crippen LogP contribution is 2.67. The topological polar surface area (TPSA) is 179 Å². The summed E-state index contributed by atoms with van der Waals surface area (Å²) in [4.78, 5) is 38.0. The van der Waals surface area contributed by atoms with Crippen LogP contribution in [0.2, 0.25) is 5.28 Å². The number of nitrogens with zero attached hydrogens (tertiary/aromatic N) is 12. The minimum Gasteiger partial charge on any atom is -0.399 e. The van der Waals surface area contributed by atoms with E-state index in [2.05, 4.69) is 272 Å². The summed E-state index contributed by atoms with van der Waals surface area (Å²) in [5.41, 5.74) is 30.3. The van der Waals surface area contributed by atoms with Crippen LogP contribution in [0.15, 0.2) is 326 Å². The van der Waals surface area contributed by atoms with E-state index in [1.165, 1.54) is 66.8 Å². The van der Waals surface area contributed by atoms with Crippen molar-refractivity contribution in [2.75, 3.05) is 0 Å². The van der Waals surface area contributed by atoms with Crippen molar-refractivity contribution in [2.45, 2.75) is 76.4 Å². The monoisotopic (exact) mass is 1710 g/mol. The number of aromatic nitrogens is 10. The van der Waals surface area contributed by atoms with Gasteiger partial charge < -0.3 is 9.31 Å². The highest BCUT2D eigenvalue weighted by molar-refractivity contribution is 7.18. The van der Waals surface area contributed by atoms with E-state index >= 15 is 0 Å². The van der Waals surface area contributed by atoms with Crippen molar-refractivity contribution in [2.24, 2.45) is 0 Å². The highest BCUT2D eigenvalue weighted by atomic mass is 35.5. The Bertz CT molecular complexity index is 7940. The molecule has 20 aromatic rings. The molecule has 14 aromatic carbocycles. The van der Waals surface area contributed by atoms with Crippen molar-refractivity contribution in [1.29, 1.82) is 10.5 Å². The van der Waals surface area contributed by atoms with Crippen molar-refractivity contribution in [3.8, 4) is 125 Å². The Labute approximate surface area is 752 Å². The van der Waals surface area contributed by atoms with Crippen LogP contribution in [0.1, 0.15) is 109 Å². The van der Waals surface area contributed by atoms with Gasteiger partial charge in [0.1, 0.15) is 23.8 Å². The average molecular weight is 1710 g/mol. The maximum atomic E-state index is 10.5. The number of imidazole rings is 2. The molecule has 1 aliphatic heterocycles. The van der Waals surface area contributed by atoms with Gasteiger partial charge >= 0.3 is 7.12 Å². The molecule has 18 heteroatoms. The zero-order valence-electron chi connectivity index (χ0n) is 70.5. The number of rotatable bonds is 10. The van der Waals surface area contributed by atoms with Crippen molar-refractivity contribution in [1.82, 2.24) is 49.0 Å². The zero-order valence-corrected chi connectivity index (χ0v) is 72.9. The lowest BCUT2D eigenvalue weighted by Gasteiger charge is -2.32. The molecule has 14 nitrogen and oxygen atoms in total. The Balaban J connectivity index is 0.000000123. The van der Waals surface area contributed by atoms with Crippen molar-refractivity contribution in [3.05, 3.63) is 399 Å². The normalized spacial score (nSPS) is 15.8. The standard InChI is InChI=1S/C52H32N6S.C43H34BN3O2S.C15H10ClN3/c1-2-46-54-43-19-11-12-20-44(43)58(46)35-22-24-40-37(28-35)36-17-9-10-18-39(36)52(40)41-23-21-33(27-38(41)48-42(52)25-26-45-47(48)34(29-53)30-59-45)51-56-49(31-13-5-3-6-14-31)55-50(57-51)32-15-7-4-8-16-32;1-6-38-46-35-13-9-10-14-36(35)47(38)27-16-18-32-29(22-27)28-11-7-8-12-31(28)43(32)33-17-15-26(44-48-41(2,3)42(4,5)49-44)21-30(33)40-34(43)19-20-37-39(40)25(23-45)24-50-37;16-15-18-13(11-7-3-1-4-8-11)17-14(19-15)12-9-5-2-6-10-12/h3-28,30H,2H2,1H3;7-22,24H,6H2,1-5H3;1-10H. The van der Waals surface area contributed by atoms with Gasteiger partial charge in [-0.05, 0) is 201 Å². The molecule has 0 radical (unpaired) electrons. The predicted octanol–water partition coefficient (Wildman–Crippen LogP) is 25.4. The Morgan fingerprint density at radius 1 is 0.344 bits per heavy atom. The Morgan fingerprint density at radius 3 is 1.12 bits per heavy atom. The lowest BCUT2D eigenvalue weighted by atomic mass is 9.69. The third-order valence-corrected chi connectivity index (χ3v) is 28.6. The molecule has 610 valence electrons. The second-order valence-electron chi connectivity index (χ2n) is 33.9. The number of benzene rings is 14. The number of halogens is 1. The fraction of sp³-hybridized carbons (Fsp3) is 0.109. The quantitative estimate of drug-likeness (QED) is 0.118. The number of aryl methyl sites for hydroxylation is 2. The van der Waals surface area contributed by atoms with Crippen LogP contribution in [0, 0.1) is 22.7 Å². The van der Waals surface area contributed by atoms with E-state index in [0.29, 0.717) is 40.2 Å². The van der Waals surface area contributed by atoms with E-state index in [9.17, 15) is 10.5 Å². The minimum atomic E-state index is -0.620. The summed E-state index contributed by atoms with van der Waals surface area (Å²) in [7, 11) is -0.495. The van der Waals surface area contributed by atoms with Gasteiger partial charge in [-0.15, -0.1) is 22.7 Å². The molecule has 2 atom stereocenters. The number of thiophene rings is 2. The number of fused-ring (bicyclic) bond motifs is 26. The lowest BCUT2D eigenvalue weighted by molar-refractivity contribution is 0.00578. The molecule has 5 aliphatic rings. The molecule has 1 fully saturated rings. The van der Waals surface area contributed by atoms with Crippen LogP contribution >= 0.6 is 34.3 Å². The molecule has 4 aliphatic carbocycles. The lowest BCUT2D eigenvalue weighted by Crippen LogP contribution is -2.41. The maximum Gasteiger partial charge on any atom is 0.494 e. The van der Waals surface area contributed by atoms with E-state index < -0.39 is 29.2 Å². The van der Waals surface area contributed by atoms with Gasteiger partial charge in [0.25, 0.3) is 0 Å². The van der Waals surface area contributed by atoms with E-state index in [1.54, 1.807) is 22.7 Å². The molecule has 0 N–H and O–H groups in total. The molecule has 0 bridgehead atoms. The second kappa shape index (κ2) is 30.2.